The molecule has 0 aliphatic carbocycles. The van der Waals surface area contributed by atoms with E-state index in [2.05, 4.69) is 37.9 Å². The van der Waals surface area contributed by atoms with Gasteiger partial charge in [-0.3, -0.25) is 0 Å². The number of nitrogens with zero attached hydrogens (tertiary/aromatic N) is 1. The average molecular weight is 338 g/mol. The Morgan fingerprint density at radius 2 is 1.70 bits per heavy atom. The van der Waals surface area contributed by atoms with Gasteiger partial charge in [0.05, 0.1) is 10.0 Å². The zero-order valence-corrected chi connectivity index (χ0v) is 14.8. The predicted molar refractivity (Wildman–Crippen MR) is 91.8 cm³/mol. The molecule has 0 spiro atoms. The quantitative estimate of drug-likeness (QED) is 0.794. The molecule has 0 atom stereocenters. The predicted octanol–water partition coefficient (Wildman–Crippen LogP) is 4.77. The van der Waals surface area contributed by atoms with Gasteiger partial charge in [0.2, 0.25) is 0 Å². The molecule has 2 nitrogen and oxygen atoms in total. The van der Waals surface area contributed by atoms with Crippen LogP contribution in [0.1, 0.15) is 34.1 Å². The Labute approximate surface area is 138 Å². The third kappa shape index (κ3) is 4.42. The number of benzene rings is 1. The molecule has 1 aliphatic rings. The molecule has 1 aromatic carbocycles. The van der Waals surface area contributed by atoms with E-state index in [0.717, 1.165) is 25.2 Å². The van der Waals surface area contributed by atoms with Crippen LogP contribution >= 0.6 is 35.6 Å². The van der Waals surface area contributed by atoms with E-state index in [9.17, 15) is 0 Å². The molecule has 1 aromatic rings. The fourth-order valence-corrected chi connectivity index (χ4v) is 3.18. The van der Waals surface area contributed by atoms with Gasteiger partial charge in [-0.05, 0) is 52.3 Å². The number of anilines is 1. The molecule has 1 aliphatic heterocycles. The molecular formula is C15H23Cl3N2. The summed E-state index contributed by atoms with van der Waals surface area (Å²) < 4.78 is 0. The highest BCUT2D eigenvalue weighted by Crippen LogP contribution is 2.30. The topological polar surface area (TPSA) is 15.3 Å². The van der Waals surface area contributed by atoms with Crippen LogP contribution < -0.4 is 10.2 Å². The van der Waals surface area contributed by atoms with Crippen molar-refractivity contribution in [3.05, 3.63) is 28.2 Å². The highest BCUT2D eigenvalue weighted by atomic mass is 35.5. The van der Waals surface area contributed by atoms with E-state index in [1.165, 1.54) is 0 Å². The fraction of sp³-hybridized carbons (Fsp3) is 0.600. The van der Waals surface area contributed by atoms with Crippen LogP contribution in [0.2, 0.25) is 10.0 Å². The molecule has 0 bridgehead atoms. The van der Waals surface area contributed by atoms with E-state index in [-0.39, 0.29) is 23.5 Å². The van der Waals surface area contributed by atoms with Crippen LogP contribution in [0, 0.1) is 0 Å². The van der Waals surface area contributed by atoms with Gasteiger partial charge in [-0.1, -0.05) is 23.2 Å². The normalized spacial score (nSPS) is 21.0. The Morgan fingerprint density at radius 1 is 1.05 bits per heavy atom. The maximum atomic E-state index is 6.13. The van der Waals surface area contributed by atoms with Gasteiger partial charge in [-0.2, -0.15) is 0 Å². The van der Waals surface area contributed by atoms with Crippen molar-refractivity contribution in [1.82, 2.24) is 5.32 Å². The summed E-state index contributed by atoms with van der Waals surface area (Å²) in [5.74, 6) is 0. The van der Waals surface area contributed by atoms with Gasteiger partial charge >= 0.3 is 0 Å². The second-order valence-electron chi connectivity index (χ2n) is 6.66. The highest BCUT2D eigenvalue weighted by molar-refractivity contribution is 6.42. The fourth-order valence-electron chi connectivity index (χ4n) is 2.89. The Kier molecular flexibility index (Phi) is 5.65. The van der Waals surface area contributed by atoms with Crippen molar-refractivity contribution in [3.8, 4) is 0 Å². The van der Waals surface area contributed by atoms with Crippen LogP contribution in [0.4, 0.5) is 5.69 Å². The standard InChI is InChI=1S/C15H22Cl2N2.ClH/c1-14(2)7-8-19(10-15(3,4)18-14)11-5-6-12(16)13(17)9-11;/h5-6,9,18H,7-8,10H2,1-4H3;1H. The summed E-state index contributed by atoms with van der Waals surface area (Å²) in [4.78, 5) is 2.38. The largest absolute Gasteiger partial charge is 0.370 e. The number of nitrogens with one attached hydrogen (secondary N) is 1. The van der Waals surface area contributed by atoms with Crippen molar-refractivity contribution < 1.29 is 0 Å². The van der Waals surface area contributed by atoms with Gasteiger partial charge in [0.1, 0.15) is 0 Å². The molecule has 114 valence electrons. The SMILES string of the molecule is CC1(C)CCN(c2ccc(Cl)c(Cl)c2)CC(C)(C)N1.Cl. The lowest BCUT2D eigenvalue weighted by molar-refractivity contribution is 0.284. The molecule has 1 saturated heterocycles. The second kappa shape index (κ2) is 6.31. The lowest BCUT2D eigenvalue weighted by Gasteiger charge is -2.35. The van der Waals surface area contributed by atoms with Gasteiger partial charge in [-0.15, -0.1) is 12.4 Å². The first-order valence-corrected chi connectivity index (χ1v) is 7.44. The molecule has 5 heteroatoms. The van der Waals surface area contributed by atoms with Gasteiger partial charge in [-0.25, -0.2) is 0 Å². The number of hydrogen-bond acceptors (Lipinski definition) is 2. The van der Waals surface area contributed by atoms with Crippen molar-refractivity contribution in [2.45, 2.75) is 45.2 Å². The molecule has 0 unspecified atom stereocenters. The smallest absolute Gasteiger partial charge is 0.0612 e. The van der Waals surface area contributed by atoms with E-state index in [4.69, 9.17) is 23.2 Å². The molecule has 0 saturated carbocycles. The van der Waals surface area contributed by atoms with Crippen molar-refractivity contribution in [2.24, 2.45) is 0 Å². The zero-order valence-electron chi connectivity index (χ0n) is 12.5. The van der Waals surface area contributed by atoms with E-state index < -0.39 is 0 Å². The van der Waals surface area contributed by atoms with Gasteiger partial charge in [0.25, 0.3) is 0 Å². The van der Waals surface area contributed by atoms with Crippen LogP contribution in [0.3, 0.4) is 0 Å². The maximum absolute atomic E-state index is 6.13. The number of rotatable bonds is 1. The molecule has 1 fully saturated rings. The second-order valence-corrected chi connectivity index (χ2v) is 7.48. The van der Waals surface area contributed by atoms with Crippen LogP contribution in [0.5, 0.6) is 0 Å². The van der Waals surface area contributed by atoms with Crippen LogP contribution in [-0.4, -0.2) is 24.2 Å². The van der Waals surface area contributed by atoms with Gasteiger partial charge in [0, 0.05) is 29.9 Å². The minimum Gasteiger partial charge on any atom is -0.370 e. The molecule has 20 heavy (non-hydrogen) atoms. The number of hydrogen-bond donors (Lipinski definition) is 1. The first-order valence-electron chi connectivity index (χ1n) is 6.68. The Morgan fingerprint density at radius 3 is 2.30 bits per heavy atom. The molecule has 1 heterocycles. The summed E-state index contributed by atoms with van der Waals surface area (Å²) in [6.45, 7) is 11.0. The van der Waals surface area contributed by atoms with E-state index >= 15 is 0 Å². The summed E-state index contributed by atoms with van der Waals surface area (Å²) >= 11 is 12.1. The van der Waals surface area contributed by atoms with E-state index in [1.54, 1.807) is 0 Å². The molecule has 1 N–H and O–H groups in total. The average Bonchev–Trinajstić information content (AvgIpc) is 2.37. The Hall–Kier alpha value is -0.150. The van der Waals surface area contributed by atoms with Crippen molar-refractivity contribution >= 4 is 41.3 Å². The molecule has 0 amide bonds. The Balaban J connectivity index is 0.00000200. The highest BCUT2D eigenvalue weighted by Gasteiger charge is 2.33. The van der Waals surface area contributed by atoms with Crippen molar-refractivity contribution in [3.63, 3.8) is 0 Å². The third-order valence-corrected chi connectivity index (χ3v) is 4.28. The van der Waals surface area contributed by atoms with E-state index in [1.807, 2.05) is 18.2 Å². The van der Waals surface area contributed by atoms with Crippen LogP contribution in [-0.2, 0) is 0 Å². The minimum atomic E-state index is 0. The summed E-state index contributed by atoms with van der Waals surface area (Å²) in [6.07, 6.45) is 1.09. The van der Waals surface area contributed by atoms with Crippen LogP contribution in [0.15, 0.2) is 18.2 Å². The summed E-state index contributed by atoms with van der Waals surface area (Å²) in [5.41, 5.74) is 1.35. The molecule has 2 rings (SSSR count). The molecule has 0 aromatic heterocycles. The van der Waals surface area contributed by atoms with Crippen LogP contribution in [0.25, 0.3) is 0 Å². The lowest BCUT2D eigenvalue weighted by Crippen LogP contribution is -2.53. The monoisotopic (exact) mass is 336 g/mol. The summed E-state index contributed by atoms with van der Waals surface area (Å²) in [6, 6.07) is 5.87. The van der Waals surface area contributed by atoms with Gasteiger partial charge < -0.3 is 10.2 Å². The number of halogens is 3. The van der Waals surface area contributed by atoms with E-state index in [0.29, 0.717) is 10.0 Å². The van der Waals surface area contributed by atoms with Gasteiger partial charge in [0.15, 0.2) is 0 Å². The first kappa shape index (κ1) is 17.9. The Bertz CT molecular complexity index is 472. The van der Waals surface area contributed by atoms with Crippen molar-refractivity contribution in [1.29, 1.82) is 0 Å². The summed E-state index contributed by atoms with van der Waals surface area (Å²) in [5, 5.41) is 4.95. The summed E-state index contributed by atoms with van der Waals surface area (Å²) in [7, 11) is 0. The third-order valence-electron chi connectivity index (χ3n) is 3.54. The molecular weight excluding hydrogens is 315 g/mol. The zero-order chi connectivity index (χ0) is 14.3. The minimum absolute atomic E-state index is 0. The first-order chi connectivity index (χ1) is 8.69. The molecule has 0 radical (unpaired) electrons. The maximum Gasteiger partial charge on any atom is 0.0612 e. The van der Waals surface area contributed by atoms with Crippen molar-refractivity contribution in [2.75, 3.05) is 18.0 Å². The lowest BCUT2D eigenvalue weighted by atomic mass is 9.96.